The first kappa shape index (κ1) is 21.4. The van der Waals surface area contributed by atoms with E-state index in [0.29, 0.717) is 23.5 Å². The van der Waals surface area contributed by atoms with Gasteiger partial charge in [-0.2, -0.15) is 0 Å². The highest BCUT2D eigenvalue weighted by Gasteiger charge is 2.61. The van der Waals surface area contributed by atoms with Gasteiger partial charge in [0, 0.05) is 16.9 Å². The van der Waals surface area contributed by atoms with Crippen LogP contribution < -0.4 is 0 Å². The molecule has 2 aromatic carbocycles. The van der Waals surface area contributed by atoms with Crippen molar-refractivity contribution in [3.8, 4) is 18.1 Å². The van der Waals surface area contributed by atoms with E-state index in [4.69, 9.17) is 6.42 Å². The van der Waals surface area contributed by atoms with Crippen molar-refractivity contribution in [3.05, 3.63) is 70.8 Å². The fraction of sp³-hybridized carbons (Fsp3) is 0.467. The topological polar surface area (TPSA) is 40.5 Å². The summed E-state index contributed by atoms with van der Waals surface area (Å²) in [5.41, 5.74) is 3.78. The van der Waals surface area contributed by atoms with E-state index in [9.17, 15) is 10.2 Å². The van der Waals surface area contributed by atoms with Gasteiger partial charge in [-0.05, 0) is 79.0 Å². The van der Waals surface area contributed by atoms with Crippen LogP contribution in [0.15, 0.2) is 48.5 Å². The number of aryl methyl sites for hydroxylation is 1. The van der Waals surface area contributed by atoms with Crippen LogP contribution in [0.1, 0.15) is 80.0 Å². The highest BCUT2D eigenvalue weighted by atomic mass is 16.3. The summed E-state index contributed by atoms with van der Waals surface area (Å²) in [5.74, 6) is 4.86. The van der Waals surface area contributed by atoms with E-state index in [-0.39, 0.29) is 11.3 Å². The third-order valence-corrected chi connectivity index (χ3v) is 9.13. The van der Waals surface area contributed by atoms with E-state index >= 15 is 0 Å². The summed E-state index contributed by atoms with van der Waals surface area (Å²) in [5, 5.41) is 22.0. The molecule has 32 heavy (non-hydrogen) atoms. The molecule has 0 spiro atoms. The van der Waals surface area contributed by atoms with Crippen LogP contribution in [0.4, 0.5) is 0 Å². The molecule has 0 heterocycles. The third-order valence-electron chi connectivity index (χ3n) is 9.13. The van der Waals surface area contributed by atoms with E-state index in [1.807, 2.05) is 24.3 Å². The smallest absolute Gasteiger partial charge is 0.130 e. The van der Waals surface area contributed by atoms with E-state index in [2.05, 4.69) is 50.1 Å². The lowest BCUT2D eigenvalue weighted by atomic mass is 9.53. The minimum Gasteiger partial charge on any atom is -0.508 e. The molecule has 2 nitrogen and oxygen atoms in total. The monoisotopic (exact) mass is 426 g/mol. The second-order valence-corrected chi connectivity index (χ2v) is 10.6. The minimum atomic E-state index is -0.959. The Morgan fingerprint density at radius 1 is 1.12 bits per heavy atom. The Bertz CT molecular complexity index is 1080. The molecule has 0 saturated heterocycles. The Kier molecular flexibility index (Phi) is 5.22. The second-order valence-electron chi connectivity index (χ2n) is 10.6. The second kappa shape index (κ2) is 7.82. The lowest BCUT2D eigenvalue weighted by Crippen LogP contribution is -2.50. The first-order valence-corrected chi connectivity index (χ1v) is 12.2. The van der Waals surface area contributed by atoms with Gasteiger partial charge in [0.05, 0.1) is 0 Å². The maximum Gasteiger partial charge on any atom is 0.130 e. The van der Waals surface area contributed by atoms with E-state index in [0.717, 1.165) is 44.1 Å². The Morgan fingerprint density at radius 3 is 2.66 bits per heavy atom. The normalized spacial score (nSPS) is 34.4. The number of rotatable bonds is 3. The average Bonchev–Trinajstić information content (AvgIpc) is 3.08. The van der Waals surface area contributed by atoms with Gasteiger partial charge in [0.15, 0.2) is 0 Å². The maximum atomic E-state index is 11.2. The van der Waals surface area contributed by atoms with Gasteiger partial charge >= 0.3 is 0 Å². The summed E-state index contributed by atoms with van der Waals surface area (Å²) in [6, 6.07) is 14.6. The van der Waals surface area contributed by atoms with Gasteiger partial charge in [-0.25, -0.2) is 0 Å². The highest BCUT2D eigenvalue weighted by Crippen LogP contribution is 2.64. The number of benzene rings is 2. The number of fused-ring (bicyclic) bond motifs is 5. The molecule has 2 fully saturated rings. The van der Waals surface area contributed by atoms with Crippen LogP contribution in [0.5, 0.6) is 5.75 Å². The van der Waals surface area contributed by atoms with Gasteiger partial charge in [0.1, 0.15) is 11.4 Å². The molecule has 2 heteroatoms. The van der Waals surface area contributed by atoms with Gasteiger partial charge in [-0.15, -0.1) is 6.42 Å². The molecular weight excluding hydrogens is 392 g/mol. The zero-order valence-electron chi connectivity index (χ0n) is 19.2. The molecule has 5 rings (SSSR count). The Labute approximate surface area is 192 Å². The predicted molar refractivity (Wildman–Crippen MR) is 130 cm³/mol. The zero-order chi connectivity index (χ0) is 22.5. The molecular formula is C30H34O2. The molecule has 2 N–H and O–H groups in total. The van der Waals surface area contributed by atoms with Crippen molar-refractivity contribution in [2.24, 2.45) is 17.3 Å². The van der Waals surface area contributed by atoms with Crippen molar-refractivity contribution >= 4 is 6.08 Å². The number of aromatic hydroxyl groups is 1. The molecule has 1 unspecified atom stereocenters. The number of phenolic OH excluding ortho intramolecular Hbond substituents is 1. The number of terminal acetylenes is 1. The van der Waals surface area contributed by atoms with Crippen molar-refractivity contribution in [2.45, 2.75) is 69.8 Å². The van der Waals surface area contributed by atoms with Crippen molar-refractivity contribution in [1.29, 1.82) is 0 Å². The highest BCUT2D eigenvalue weighted by molar-refractivity contribution is 5.53. The first-order chi connectivity index (χ1) is 15.4. The summed E-state index contributed by atoms with van der Waals surface area (Å²) in [4.78, 5) is 0. The van der Waals surface area contributed by atoms with E-state index in [1.165, 1.54) is 16.7 Å². The molecule has 3 aliphatic rings. The average molecular weight is 427 g/mol. The van der Waals surface area contributed by atoms with Gasteiger partial charge in [-0.3, -0.25) is 0 Å². The molecule has 6 atom stereocenters. The van der Waals surface area contributed by atoms with Crippen molar-refractivity contribution in [3.63, 3.8) is 0 Å². The van der Waals surface area contributed by atoms with Crippen molar-refractivity contribution in [1.82, 2.24) is 0 Å². The molecule has 0 bridgehead atoms. The fourth-order valence-corrected chi connectivity index (χ4v) is 7.17. The lowest BCUT2D eigenvalue weighted by Gasteiger charge is -2.52. The van der Waals surface area contributed by atoms with Crippen LogP contribution in [0.3, 0.4) is 0 Å². The number of hydrogen-bond acceptors (Lipinski definition) is 2. The zero-order valence-corrected chi connectivity index (χ0v) is 19.2. The van der Waals surface area contributed by atoms with Gasteiger partial charge in [0.25, 0.3) is 0 Å². The number of allylic oxidation sites excluding steroid dienone is 1. The lowest BCUT2D eigenvalue weighted by molar-refractivity contribution is -0.0647. The molecule has 2 saturated carbocycles. The number of phenols is 1. The summed E-state index contributed by atoms with van der Waals surface area (Å²) in [7, 11) is 0. The van der Waals surface area contributed by atoms with Crippen LogP contribution in [-0.2, 0) is 6.42 Å². The standard InChI is InChI=1S/C30H34O2/c1-4-30(32)17-15-27-24-13-12-22-18-28(31)25(19-26(22)23(24)14-16-29(27,30)3)20(2)10-11-21-8-6-5-7-9-21/h1,5-11,18-20,23-24,27,31-32H,12-17H2,2-3H3/t20?,23-,24+,27-,29-,30-/m0/s1. The summed E-state index contributed by atoms with van der Waals surface area (Å²) in [6.45, 7) is 4.39. The van der Waals surface area contributed by atoms with Gasteiger partial charge < -0.3 is 10.2 Å². The fourth-order valence-electron chi connectivity index (χ4n) is 7.17. The summed E-state index contributed by atoms with van der Waals surface area (Å²) >= 11 is 0. The molecule has 0 radical (unpaired) electrons. The summed E-state index contributed by atoms with van der Waals surface area (Å²) in [6.07, 6.45) is 16.0. The summed E-state index contributed by atoms with van der Waals surface area (Å²) < 4.78 is 0. The van der Waals surface area contributed by atoms with Crippen LogP contribution in [0, 0.1) is 29.6 Å². The van der Waals surface area contributed by atoms with Gasteiger partial charge in [-0.1, -0.05) is 68.3 Å². The maximum absolute atomic E-state index is 11.2. The first-order valence-electron chi connectivity index (χ1n) is 12.2. The van der Waals surface area contributed by atoms with Crippen molar-refractivity contribution < 1.29 is 10.2 Å². The van der Waals surface area contributed by atoms with Crippen molar-refractivity contribution in [2.75, 3.05) is 0 Å². The van der Waals surface area contributed by atoms with Crippen LogP contribution >= 0.6 is 0 Å². The molecule has 3 aliphatic carbocycles. The van der Waals surface area contributed by atoms with Crippen LogP contribution in [-0.4, -0.2) is 15.8 Å². The Morgan fingerprint density at radius 2 is 1.91 bits per heavy atom. The molecule has 2 aromatic rings. The molecule has 0 aliphatic heterocycles. The van der Waals surface area contributed by atoms with Crippen LogP contribution in [0.2, 0.25) is 0 Å². The molecule has 166 valence electrons. The largest absolute Gasteiger partial charge is 0.508 e. The van der Waals surface area contributed by atoms with Gasteiger partial charge in [0.2, 0.25) is 0 Å². The molecule has 0 aromatic heterocycles. The van der Waals surface area contributed by atoms with E-state index in [1.54, 1.807) is 0 Å². The molecule has 0 amide bonds. The van der Waals surface area contributed by atoms with Crippen LogP contribution in [0.25, 0.3) is 6.08 Å². The third kappa shape index (κ3) is 3.22. The Balaban J connectivity index is 1.45. The predicted octanol–water partition coefficient (Wildman–Crippen LogP) is 6.43. The quantitative estimate of drug-likeness (QED) is 0.555. The van der Waals surface area contributed by atoms with E-state index < -0.39 is 5.60 Å². The number of aliphatic hydroxyl groups is 1. The Hall–Kier alpha value is -2.50. The minimum absolute atomic E-state index is 0.132. The number of hydrogen-bond donors (Lipinski definition) is 2. The SMILES string of the molecule is C#C[C@]1(O)CC[C@H]2[C@@H]3CCc4cc(O)c(C(C)C=Cc5ccccc5)cc4[C@H]3CC[C@@]21C.